The van der Waals surface area contributed by atoms with Gasteiger partial charge in [-0.3, -0.25) is 0 Å². The fraction of sp³-hybridized carbons (Fsp3) is 0.625. The zero-order chi connectivity index (χ0) is 14.9. The first-order valence-corrected chi connectivity index (χ1v) is 7.31. The molecule has 1 saturated heterocycles. The standard InChI is InChI=1S/C16H24FNO2/c1-10-8-16(14(12(3)20)9-15(10)17)18-6-4-13(5-7-18)11(2)19/h8-9,11-13,19-20H,4-7H2,1-3H3. The van der Waals surface area contributed by atoms with Crippen molar-refractivity contribution in [3.8, 4) is 0 Å². The molecule has 3 nitrogen and oxygen atoms in total. The van der Waals surface area contributed by atoms with Gasteiger partial charge < -0.3 is 15.1 Å². The number of aliphatic hydroxyl groups is 2. The minimum Gasteiger partial charge on any atom is -0.393 e. The van der Waals surface area contributed by atoms with Gasteiger partial charge in [0, 0.05) is 24.3 Å². The van der Waals surface area contributed by atoms with E-state index in [9.17, 15) is 14.6 Å². The molecule has 2 rings (SSSR count). The van der Waals surface area contributed by atoms with E-state index in [4.69, 9.17) is 0 Å². The maximum atomic E-state index is 13.7. The molecule has 0 bridgehead atoms. The molecule has 1 aliphatic rings. The lowest BCUT2D eigenvalue weighted by atomic mass is 9.91. The molecule has 4 heteroatoms. The molecular weight excluding hydrogens is 257 g/mol. The van der Waals surface area contributed by atoms with Crippen LogP contribution in [0.2, 0.25) is 0 Å². The molecule has 2 atom stereocenters. The highest BCUT2D eigenvalue weighted by Crippen LogP contribution is 2.32. The van der Waals surface area contributed by atoms with Crippen molar-refractivity contribution in [3.63, 3.8) is 0 Å². The van der Waals surface area contributed by atoms with E-state index in [0.29, 0.717) is 17.0 Å². The number of anilines is 1. The Labute approximate surface area is 120 Å². The first-order valence-electron chi connectivity index (χ1n) is 7.31. The Hall–Kier alpha value is -1.13. The van der Waals surface area contributed by atoms with Gasteiger partial charge in [-0.05, 0) is 57.2 Å². The molecule has 20 heavy (non-hydrogen) atoms. The molecule has 112 valence electrons. The predicted molar refractivity (Wildman–Crippen MR) is 78.4 cm³/mol. The molecule has 1 fully saturated rings. The molecule has 0 radical (unpaired) electrons. The van der Waals surface area contributed by atoms with Gasteiger partial charge in [-0.15, -0.1) is 0 Å². The van der Waals surface area contributed by atoms with Gasteiger partial charge in [-0.25, -0.2) is 4.39 Å². The van der Waals surface area contributed by atoms with Gasteiger partial charge in [0.05, 0.1) is 12.2 Å². The number of benzene rings is 1. The topological polar surface area (TPSA) is 43.7 Å². The van der Waals surface area contributed by atoms with Gasteiger partial charge in [-0.2, -0.15) is 0 Å². The van der Waals surface area contributed by atoms with Crippen LogP contribution in [0.1, 0.15) is 43.9 Å². The van der Waals surface area contributed by atoms with E-state index in [1.54, 1.807) is 13.8 Å². The van der Waals surface area contributed by atoms with Crippen LogP contribution in [-0.2, 0) is 0 Å². The normalized spacial score (nSPS) is 20.0. The van der Waals surface area contributed by atoms with Crippen LogP contribution in [0.4, 0.5) is 10.1 Å². The monoisotopic (exact) mass is 281 g/mol. The number of piperidine rings is 1. The van der Waals surface area contributed by atoms with Gasteiger partial charge in [0.15, 0.2) is 0 Å². The Bertz CT molecular complexity index is 466. The zero-order valence-corrected chi connectivity index (χ0v) is 12.4. The first kappa shape index (κ1) is 15.3. The fourth-order valence-electron chi connectivity index (χ4n) is 2.91. The molecule has 1 aromatic rings. The molecule has 0 saturated carbocycles. The summed E-state index contributed by atoms with van der Waals surface area (Å²) in [6.07, 6.45) is 0.888. The number of hydrogen-bond acceptors (Lipinski definition) is 3. The van der Waals surface area contributed by atoms with Crippen LogP contribution in [-0.4, -0.2) is 29.4 Å². The third kappa shape index (κ3) is 3.13. The second-order valence-electron chi connectivity index (χ2n) is 5.90. The van der Waals surface area contributed by atoms with Crippen LogP contribution < -0.4 is 4.90 Å². The summed E-state index contributed by atoms with van der Waals surface area (Å²) in [7, 11) is 0. The van der Waals surface area contributed by atoms with E-state index in [1.165, 1.54) is 6.07 Å². The lowest BCUT2D eigenvalue weighted by Crippen LogP contribution is -2.37. The molecule has 1 heterocycles. The SMILES string of the molecule is Cc1cc(N2CCC(C(C)O)CC2)c(C(C)O)cc1F. The van der Waals surface area contributed by atoms with E-state index >= 15 is 0 Å². The smallest absolute Gasteiger partial charge is 0.126 e. The summed E-state index contributed by atoms with van der Waals surface area (Å²) in [6.45, 7) is 6.91. The quantitative estimate of drug-likeness (QED) is 0.895. The minimum absolute atomic E-state index is 0.275. The van der Waals surface area contributed by atoms with Gasteiger partial charge in [-0.1, -0.05) is 0 Å². The van der Waals surface area contributed by atoms with E-state index in [0.717, 1.165) is 31.6 Å². The van der Waals surface area contributed by atoms with Crippen LogP contribution >= 0.6 is 0 Å². The molecule has 0 spiro atoms. The Balaban J connectivity index is 2.23. The summed E-state index contributed by atoms with van der Waals surface area (Å²) in [4.78, 5) is 2.19. The Morgan fingerprint density at radius 1 is 1.20 bits per heavy atom. The maximum absolute atomic E-state index is 13.7. The maximum Gasteiger partial charge on any atom is 0.126 e. The van der Waals surface area contributed by atoms with Gasteiger partial charge >= 0.3 is 0 Å². The molecule has 0 amide bonds. The summed E-state index contributed by atoms with van der Waals surface area (Å²) in [5, 5.41) is 19.5. The minimum atomic E-state index is -0.686. The van der Waals surface area contributed by atoms with Crippen molar-refractivity contribution in [1.82, 2.24) is 0 Å². The molecular formula is C16H24FNO2. The highest BCUT2D eigenvalue weighted by Gasteiger charge is 2.25. The van der Waals surface area contributed by atoms with Crippen LogP contribution in [0, 0.1) is 18.7 Å². The van der Waals surface area contributed by atoms with Crippen molar-refractivity contribution in [1.29, 1.82) is 0 Å². The summed E-state index contributed by atoms with van der Waals surface area (Å²) in [6, 6.07) is 3.26. The highest BCUT2D eigenvalue weighted by atomic mass is 19.1. The van der Waals surface area contributed by atoms with Crippen LogP contribution in [0.3, 0.4) is 0 Å². The van der Waals surface area contributed by atoms with Crippen molar-refractivity contribution >= 4 is 5.69 Å². The van der Waals surface area contributed by atoms with E-state index in [1.807, 2.05) is 13.0 Å². The highest BCUT2D eigenvalue weighted by molar-refractivity contribution is 5.57. The van der Waals surface area contributed by atoms with Crippen molar-refractivity contribution in [3.05, 3.63) is 29.1 Å². The molecule has 0 aromatic heterocycles. The molecule has 0 aliphatic carbocycles. The number of hydrogen-bond donors (Lipinski definition) is 2. The van der Waals surface area contributed by atoms with Crippen LogP contribution in [0.15, 0.2) is 12.1 Å². The second kappa shape index (κ2) is 6.10. The number of halogens is 1. The van der Waals surface area contributed by atoms with Crippen molar-refractivity contribution in [2.75, 3.05) is 18.0 Å². The third-order valence-corrected chi connectivity index (χ3v) is 4.32. The van der Waals surface area contributed by atoms with E-state index < -0.39 is 6.10 Å². The van der Waals surface area contributed by atoms with Crippen molar-refractivity contribution < 1.29 is 14.6 Å². The summed E-state index contributed by atoms with van der Waals surface area (Å²) in [5.41, 5.74) is 2.16. The van der Waals surface area contributed by atoms with Crippen LogP contribution in [0.5, 0.6) is 0 Å². The number of nitrogens with zero attached hydrogens (tertiary/aromatic N) is 1. The first-order chi connectivity index (χ1) is 9.40. The largest absolute Gasteiger partial charge is 0.393 e. The lowest BCUT2D eigenvalue weighted by molar-refractivity contribution is 0.109. The predicted octanol–water partition coefficient (Wildman–Crippen LogP) is 2.78. The van der Waals surface area contributed by atoms with Gasteiger partial charge in [0.25, 0.3) is 0 Å². The third-order valence-electron chi connectivity index (χ3n) is 4.32. The number of rotatable bonds is 3. The molecule has 1 aromatic carbocycles. The van der Waals surface area contributed by atoms with Crippen LogP contribution in [0.25, 0.3) is 0 Å². The second-order valence-corrected chi connectivity index (χ2v) is 5.90. The summed E-state index contributed by atoms with van der Waals surface area (Å²) < 4.78 is 13.7. The average molecular weight is 281 g/mol. The fourth-order valence-corrected chi connectivity index (χ4v) is 2.91. The Kier molecular flexibility index (Phi) is 4.66. The zero-order valence-electron chi connectivity index (χ0n) is 12.4. The van der Waals surface area contributed by atoms with Gasteiger partial charge in [0.1, 0.15) is 5.82 Å². The summed E-state index contributed by atoms with van der Waals surface area (Å²) in [5.74, 6) is 0.0614. The number of aryl methyl sites for hydroxylation is 1. The number of aliphatic hydroxyl groups excluding tert-OH is 2. The van der Waals surface area contributed by atoms with Crippen molar-refractivity contribution in [2.24, 2.45) is 5.92 Å². The Morgan fingerprint density at radius 3 is 2.30 bits per heavy atom. The molecule has 1 aliphatic heterocycles. The molecule has 2 unspecified atom stereocenters. The molecule has 2 N–H and O–H groups in total. The van der Waals surface area contributed by atoms with E-state index in [2.05, 4.69) is 4.90 Å². The Morgan fingerprint density at radius 2 is 1.80 bits per heavy atom. The average Bonchev–Trinajstić information content (AvgIpc) is 2.41. The van der Waals surface area contributed by atoms with E-state index in [-0.39, 0.29) is 11.9 Å². The van der Waals surface area contributed by atoms with Gasteiger partial charge in [0.2, 0.25) is 0 Å². The lowest BCUT2D eigenvalue weighted by Gasteiger charge is -2.36. The van der Waals surface area contributed by atoms with Crippen molar-refractivity contribution in [2.45, 2.75) is 45.8 Å². The summed E-state index contributed by atoms with van der Waals surface area (Å²) >= 11 is 0.